The molecule has 0 aliphatic carbocycles. The molecule has 0 fully saturated rings. The number of hydrazone groups is 1. The third-order valence-corrected chi connectivity index (χ3v) is 3.25. The highest BCUT2D eigenvalue weighted by Crippen LogP contribution is 2.11. The van der Waals surface area contributed by atoms with Crippen molar-refractivity contribution in [1.29, 1.82) is 0 Å². The Morgan fingerprint density at radius 2 is 2.00 bits per heavy atom. The number of rotatable bonds is 5. The molecule has 0 saturated heterocycles. The molecule has 1 aromatic carbocycles. The maximum Gasteiger partial charge on any atom is 0.246 e. The molecule has 1 amide bonds. The fraction of sp³-hybridized carbons (Fsp3) is 0.250. The Bertz CT molecular complexity index is 642. The summed E-state index contributed by atoms with van der Waals surface area (Å²) < 4.78 is 7.02. The first-order valence-electron chi connectivity index (χ1n) is 6.68. The summed E-state index contributed by atoms with van der Waals surface area (Å²) in [5, 5.41) is 4.13. The lowest BCUT2D eigenvalue weighted by Gasteiger charge is -2.05. The van der Waals surface area contributed by atoms with Crippen LogP contribution in [0.5, 0.6) is 5.75 Å². The standard InChI is InChI=1S/C16H19N3O2/c1-12(13-6-8-15(21-3)9-7-13)17-18-16(20)11-14-5-4-10-19(14)2/h4-10H,11H2,1-3H3,(H,18,20). The van der Waals surface area contributed by atoms with E-state index in [2.05, 4.69) is 10.5 Å². The summed E-state index contributed by atoms with van der Waals surface area (Å²) in [5.41, 5.74) is 5.22. The van der Waals surface area contributed by atoms with Gasteiger partial charge in [0.25, 0.3) is 0 Å². The van der Waals surface area contributed by atoms with Crippen molar-refractivity contribution in [3.05, 3.63) is 53.9 Å². The fourth-order valence-electron chi connectivity index (χ4n) is 1.93. The number of hydrogen-bond donors (Lipinski definition) is 1. The van der Waals surface area contributed by atoms with Crippen LogP contribution in [0.25, 0.3) is 0 Å². The Morgan fingerprint density at radius 1 is 1.29 bits per heavy atom. The second-order valence-electron chi connectivity index (χ2n) is 4.75. The van der Waals surface area contributed by atoms with Gasteiger partial charge in [-0.05, 0) is 48.9 Å². The highest BCUT2D eigenvalue weighted by Gasteiger charge is 2.05. The minimum absolute atomic E-state index is 0.135. The predicted molar refractivity (Wildman–Crippen MR) is 82.5 cm³/mol. The van der Waals surface area contributed by atoms with E-state index < -0.39 is 0 Å². The molecule has 21 heavy (non-hydrogen) atoms. The maximum absolute atomic E-state index is 11.8. The van der Waals surface area contributed by atoms with Crippen LogP contribution in [0.3, 0.4) is 0 Å². The van der Waals surface area contributed by atoms with Gasteiger partial charge in [0.2, 0.25) is 5.91 Å². The Morgan fingerprint density at radius 3 is 2.57 bits per heavy atom. The highest BCUT2D eigenvalue weighted by molar-refractivity contribution is 5.99. The van der Waals surface area contributed by atoms with E-state index in [4.69, 9.17) is 4.74 Å². The SMILES string of the molecule is COc1ccc(C(C)=NNC(=O)Cc2cccn2C)cc1. The number of aromatic nitrogens is 1. The van der Waals surface area contributed by atoms with E-state index in [-0.39, 0.29) is 5.91 Å². The molecule has 0 radical (unpaired) electrons. The van der Waals surface area contributed by atoms with Gasteiger partial charge < -0.3 is 9.30 Å². The summed E-state index contributed by atoms with van der Waals surface area (Å²) in [5.74, 6) is 0.656. The van der Waals surface area contributed by atoms with Crippen molar-refractivity contribution in [2.45, 2.75) is 13.3 Å². The first kappa shape index (κ1) is 14.8. The summed E-state index contributed by atoms with van der Waals surface area (Å²) in [4.78, 5) is 11.8. The van der Waals surface area contributed by atoms with Crippen LogP contribution in [0.2, 0.25) is 0 Å². The van der Waals surface area contributed by atoms with Gasteiger partial charge in [0.05, 0.1) is 19.2 Å². The lowest BCUT2D eigenvalue weighted by molar-refractivity contribution is -0.120. The van der Waals surface area contributed by atoms with Crippen LogP contribution in [-0.4, -0.2) is 23.3 Å². The number of carbonyl (C=O) groups excluding carboxylic acids is 1. The number of nitrogens with zero attached hydrogens (tertiary/aromatic N) is 2. The van der Waals surface area contributed by atoms with Crippen molar-refractivity contribution in [2.24, 2.45) is 12.1 Å². The zero-order chi connectivity index (χ0) is 15.2. The summed E-state index contributed by atoms with van der Waals surface area (Å²) in [6.45, 7) is 1.85. The second kappa shape index (κ2) is 6.74. The molecule has 0 saturated carbocycles. The fourth-order valence-corrected chi connectivity index (χ4v) is 1.93. The van der Waals surface area contributed by atoms with Crippen molar-refractivity contribution < 1.29 is 9.53 Å². The van der Waals surface area contributed by atoms with Crippen LogP contribution in [0.1, 0.15) is 18.2 Å². The first-order chi connectivity index (χ1) is 10.1. The Labute approximate surface area is 124 Å². The molecular weight excluding hydrogens is 266 g/mol. The number of amides is 1. The van der Waals surface area contributed by atoms with Crippen molar-refractivity contribution in [3.63, 3.8) is 0 Å². The lowest BCUT2D eigenvalue weighted by atomic mass is 10.1. The molecule has 5 nitrogen and oxygen atoms in total. The molecule has 0 spiro atoms. The topological polar surface area (TPSA) is 55.6 Å². The van der Waals surface area contributed by atoms with E-state index >= 15 is 0 Å². The Hall–Kier alpha value is -2.56. The lowest BCUT2D eigenvalue weighted by Crippen LogP contribution is -2.22. The van der Waals surface area contributed by atoms with Gasteiger partial charge >= 0.3 is 0 Å². The molecular formula is C16H19N3O2. The molecule has 110 valence electrons. The van der Waals surface area contributed by atoms with Crippen LogP contribution >= 0.6 is 0 Å². The number of nitrogens with one attached hydrogen (secondary N) is 1. The quantitative estimate of drug-likeness (QED) is 0.676. The Balaban J connectivity index is 1.96. The molecule has 2 aromatic rings. The average molecular weight is 285 g/mol. The monoisotopic (exact) mass is 285 g/mol. The third kappa shape index (κ3) is 3.95. The normalized spacial score (nSPS) is 11.3. The number of carbonyl (C=O) groups is 1. The molecule has 0 bridgehead atoms. The van der Waals surface area contributed by atoms with Gasteiger partial charge in [-0.1, -0.05) is 0 Å². The van der Waals surface area contributed by atoms with E-state index in [0.29, 0.717) is 6.42 Å². The second-order valence-corrected chi connectivity index (χ2v) is 4.75. The van der Waals surface area contributed by atoms with Crippen LogP contribution in [-0.2, 0) is 18.3 Å². The van der Waals surface area contributed by atoms with Gasteiger partial charge in [-0.2, -0.15) is 5.10 Å². The van der Waals surface area contributed by atoms with Gasteiger partial charge in [-0.25, -0.2) is 5.43 Å². The van der Waals surface area contributed by atoms with E-state index in [1.54, 1.807) is 7.11 Å². The molecule has 0 aliphatic heterocycles. The van der Waals surface area contributed by atoms with Gasteiger partial charge in [0.1, 0.15) is 5.75 Å². The number of aryl methyl sites for hydroxylation is 1. The molecule has 0 atom stereocenters. The predicted octanol–water partition coefficient (Wildman–Crippen LogP) is 2.12. The van der Waals surface area contributed by atoms with Gasteiger partial charge in [0.15, 0.2) is 0 Å². The van der Waals surface area contributed by atoms with Crippen LogP contribution in [0.15, 0.2) is 47.7 Å². The summed E-state index contributed by atoms with van der Waals surface area (Å²) in [7, 11) is 3.54. The molecule has 2 rings (SSSR count). The zero-order valence-corrected chi connectivity index (χ0v) is 12.5. The van der Waals surface area contributed by atoms with Crippen molar-refractivity contribution >= 4 is 11.6 Å². The maximum atomic E-state index is 11.8. The van der Waals surface area contributed by atoms with E-state index in [0.717, 1.165) is 22.7 Å². The van der Waals surface area contributed by atoms with E-state index in [9.17, 15) is 4.79 Å². The molecule has 1 aromatic heterocycles. The number of hydrogen-bond acceptors (Lipinski definition) is 3. The van der Waals surface area contributed by atoms with Gasteiger partial charge in [-0.3, -0.25) is 4.79 Å². The summed E-state index contributed by atoms with van der Waals surface area (Å²) >= 11 is 0. The molecule has 1 heterocycles. The smallest absolute Gasteiger partial charge is 0.246 e. The summed E-state index contributed by atoms with van der Waals surface area (Å²) in [6.07, 6.45) is 2.22. The molecule has 5 heteroatoms. The molecule has 0 unspecified atom stereocenters. The minimum Gasteiger partial charge on any atom is -0.497 e. The number of methoxy groups -OCH3 is 1. The van der Waals surface area contributed by atoms with E-state index in [1.165, 1.54) is 0 Å². The van der Waals surface area contributed by atoms with Crippen LogP contribution in [0.4, 0.5) is 0 Å². The first-order valence-corrected chi connectivity index (χ1v) is 6.68. The van der Waals surface area contributed by atoms with Gasteiger partial charge in [0, 0.05) is 18.9 Å². The third-order valence-electron chi connectivity index (χ3n) is 3.25. The molecule has 0 aliphatic rings. The summed E-state index contributed by atoms with van der Waals surface area (Å²) in [6, 6.07) is 11.4. The highest BCUT2D eigenvalue weighted by atomic mass is 16.5. The minimum atomic E-state index is -0.135. The zero-order valence-electron chi connectivity index (χ0n) is 12.5. The number of benzene rings is 1. The average Bonchev–Trinajstić information content (AvgIpc) is 2.90. The van der Waals surface area contributed by atoms with Crippen LogP contribution in [0, 0.1) is 0 Å². The van der Waals surface area contributed by atoms with Crippen molar-refractivity contribution in [2.75, 3.05) is 7.11 Å². The molecule has 1 N–H and O–H groups in total. The van der Waals surface area contributed by atoms with Gasteiger partial charge in [-0.15, -0.1) is 0 Å². The van der Waals surface area contributed by atoms with E-state index in [1.807, 2.05) is 61.1 Å². The largest absolute Gasteiger partial charge is 0.497 e. The van der Waals surface area contributed by atoms with Crippen molar-refractivity contribution in [1.82, 2.24) is 9.99 Å². The van der Waals surface area contributed by atoms with Crippen LogP contribution < -0.4 is 10.2 Å². The van der Waals surface area contributed by atoms with Crippen molar-refractivity contribution in [3.8, 4) is 5.75 Å². The Kier molecular flexibility index (Phi) is 4.77. The number of ether oxygens (including phenoxy) is 1.